The van der Waals surface area contributed by atoms with Crippen LogP contribution in [0.1, 0.15) is 50.2 Å². The smallest absolute Gasteiger partial charge is 0.123 e. The van der Waals surface area contributed by atoms with Gasteiger partial charge < -0.3 is 9.84 Å². The molecule has 118 valence electrons. The highest BCUT2D eigenvalue weighted by Gasteiger charge is 2.30. The molecule has 0 bridgehead atoms. The van der Waals surface area contributed by atoms with Gasteiger partial charge in [-0.25, -0.2) is 4.39 Å². The van der Waals surface area contributed by atoms with Crippen LogP contribution in [-0.2, 0) is 11.2 Å². The number of halogens is 1. The molecule has 2 rings (SSSR count). The first-order valence-electron chi connectivity index (χ1n) is 8.16. The highest BCUT2D eigenvalue weighted by molar-refractivity contribution is 5.27. The molecule has 1 aromatic rings. The molecule has 1 saturated carbocycles. The summed E-state index contributed by atoms with van der Waals surface area (Å²) < 4.78 is 19.2. The van der Waals surface area contributed by atoms with Crippen LogP contribution in [0.25, 0.3) is 0 Å². The predicted octanol–water partition coefficient (Wildman–Crippen LogP) is 4.02. The van der Waals surface area contributed by atoms with Crippen LogP contribution < -0.4 is 0 Å². The van der Waals surface area contributed by atoms with Gasteiger partial charge in [0.2, 0.25) is 0 Å². The highest BCUT2D eigenvalue weighted by atomic mass is 19.1. The number of aliphatic hydroxyl groups excluding tert-OH is 1. The zero-order valence-corrected chi connectivity index (χ0v) is 13.1. The van der Waals surface area contributed by atoms with Crippen molar-refractivity contribution in [3.63, 3.8) is 0 Å². The fourth-order valence-corrected chi connectivity index (χ4v) is 3.42. The maximum Gasteiger partial charge on any atom is 0.123 e. The lowest BCUT2D eigenvalue weighted by Gasteiger charge is -2.33. The van der Waals surface area contributed by atoms with Crippen LogP contribution in [0.3, 0.4) is 0 Å². The molecule has 21 heavy (non-hydrogen) atoms. The number of aliphatic hydroxyl groups is 1. The van der Waals surface area contributed by atoms with Gasteiger partial charge in [0.1, 0.15) is 5.82 Å². The van der Waals surface area contributed by atoms with Gasteiger partial charge >= 0.3 is 0 Å². The van der Waals surface area contributed by atoms with Crippen molar-refractivity contribution in [3.8, 4) is 0 Å². The maximum atomic E-state index is 13.4. The fourth-order valence-electron chi connectivity index (χ4n) is 3.42. The Morgan fingerprint density at radius 1 is 1.29 bits per heavy atom. The van der Waals surface area contributed by atoms with Gasteiger partial charge in [0, 0.05) is 13.0 Å². The van der Waals surface area contributed by atoms with E-state index in [1.807, 2.05) is 13.8 Å². The molecule has 2 atom stereocenters. The first-order chi connectivity index (χ1) is 10.1. The first kappa shape index (κ1) is 16.4. The van der Waals surface area contributed by atoms with Crippen molar-refractivity contribution in [1.29, 1.82) is 0 Å². The third kappa shape index (κ3) is 4.52. The van der Waals surface area contributed by atoms with E-state index < -0.39 is 6.10 Å². The third-order valence-corrected chi connectivity index (χ3v) is 4.59. The van der Waals surface area contributed by atoms with Gasteiger partial charge in [-0.1, -0.05) is 25.3 Å². The summed E-state index contributed by atoms with van der Waals surface area (Å²) in [7, 11) is 0. The summed E-state index contributed by atoms with van der Waals surface area (Å²) in [6.07, 6.45) is 5.76. The van der Waals surface area contributed by atoms with Crippen molar-refractivity contribution in [3.05, 3.63) is 35.1 Å². The van der Waals surface area contributed by atoms with Gasteiger partial charge in [-0.2, -0.15) is 0 Å². The normalized spacial score (nSPS) is 19.4. The van der Waals surface area contributed by atoms with E-state index in [2.05, 4.69) is 0 Å². The molecule has 0 radical (unpaired) electrons. The average molecular weight is 294 g/mol. The minimum absolute atomic E-state index is 0.127. The van der Waals surface area contributed by atoms with E-state index in [-0.39, 0.29) is 11.9 Å². The van der Waals surface area contributed by atoms with Crippen LogP contribution in [0.4, 0.5) is 4.39 Å². The summed E-state index contributed by atoms with van der Waals surface area (Å²) in [5.74, 6) is 0.191. The molecule has 1 aromatic carbocycles. The molecular weight excluding hydrogens is 267 g/mol. The fraction of sp³-hybridized carbons (Fsp3) is 0.667. The predicted molar refractivity (Wildman–Crippen MR) is 82.8 cm³/mol. The average Bonchev–Trinajstić information content (AvgIpc) is 2.49. The molecule has 2 nitrogen and oxygen atoms in total. The Hall–Kier alpha value is -0.930. The van der Waals surface area contributed by atoms with Crippen LogP contribution in [0.5, 0.6) is 0 Å². The summed E-state index contributed by atoms with van der Waals surface area (Å²) in [5.41, 5.74) is 1.90. The molecule has 0 amide bonds. The summed E-state index contributed by atoms with van der Waals surface area (Å²) in [6, 6.07) is 4.77. The zero-order valence-electron chi connectivity index (χ0n) is 13.1. The van der Waals surface area contributed by atoms with Gasteiger partial charge in [0.05, 0.1) is 12.2 Å². The summed E-state index contributed by atoms with van der Waals surface area (Å²) >= 11 is 0. The topological polar surface area (TPSA) is 29.5 Å². The highest BCUT2D eigenvalue weighted by Crippen LogP contribution is 2.30. The molecule has 0 spiro atoms. The van der Waals surface area contributed by atoms with Gasteiger partial charge in [0.15, 0.2) is 0 Å². The second kappa shape index (κ2) is 7.90. The number of rotatable bonds is 6. The number of aryl methyl sites for hydroxylation is 1. The van der Waals surface area contributed by atoms with E-state index in [1.165, 1.54) is 31.4 Å². The van der Waals surface area contributed by atoms with Crippen LogP contribution in [-0.4, -0.2) is 23.9 Å². The van der Waals surface area contributed by atoms with Crippen molar-refractivity contribution in [1.82, 2.24) is 0 Å². The van der Waals surface area contributed by atoms with Crippen LogP contribution in [0.2, 0.25) is 0 Å². The minimum atomic E-state index is -0.562. The summed E-state index contributed by atoms with van der Waals surface area (Å²) in [5, 5.41) is 10.6. The molecule has 0 aliphatic heterocycles. The summed E-state index contributed by atoms with van der Waals surface area (Å²) in [4.78, 5) is 0. The second-order valence-electron chi connectivity index (χ2n) is 6.16. The molecule has 3 heteroatoms. The quantitative estimate of drug-likeness (QED) is 0.858. The first-order valence-corrected chi connectivity index (χ1v) is 8.16. The Bertz CT molecular complexity index is 441. The standard InChI is InChI=1S/C18H27FO2/c1-3-21-18(14-7-5-4-6-8-14)17(20)12-15-11-16(19)10-9-13(15)2/h9-11,14,17-18,20H,3-8,12H2,1-2H3. The Balaban J connectivity index is 2.06. The van der Waals surface area contributed by atoms with Gasteiger partial charge in [-0.05, 0) is 55.9 Å². The Morgan fingerprint density at radius 2 is 2.00 bits per heavy atom. The van der Waals surface area contributed by atoms with Gasteiger partial charge in [-0.3, -0.25) is 0 Å². The summed E-state index contributed by atoms with van der Waals surface area (Å²) in [6.45, 7) is 4.54. The number of hydrogen-bond acceptors (Lipinski definition) is 2. The van der Waals surface area contributed by atoms with E-state index in [0.29, 0.717) is 18.9 Å². The Labute approximate surface area is 127 Å². The minimum Gasteiger partial charge on any atom is -0.390 e. The van der Waals surface area contributed by atoms with Crippen molar-refractivity contribution >= 4 is 0 Å². The lowest BCUT2D eigenvalue weighted by molar-refractivity contribution is -0.0716. The van der Waals surface area contributed by atoms with E-state index in [1.54, 1.807) is 6.07 Å². The lowest BCUT2D eigenvalue weighted by atomic mass is 9.82. The van der Waals surface area contributed by atoms with E-state index >= 15 is 0 Å². The molecule has 0 saturated heterocycles. The van der Waals surface area contributed by atoms with Crippen LogP contribution >= 0.6 is 0 Å². The van der Waals surface area contributed by atoms with Crippen molar-refractivity contribution in [2.75, 3.05) is 6.61 Å². The van der Waals surface area contributed by atoms with Gasteiger partial charge in [0.25, 0.3) is 0 Å². The molecule has 1 aliphatic carbocycles. The van der Waals surface area contributed by atoms with Crippen molar-refractivity contribution in [2.45, 2.75) is 64.6 Å². The van der Waals surface area contributed by atoms with E-state index in [9.17, 15) is 9.50 Å². The molecule has 2 unspecified atom stereocenters. The molecule has 0 aromatic heterocycles. The second-order valence-corrected chi connectivity index (χ2v) is 6.16. The lowest BCUT2D eigenvalue weighted by Crippen LogP contribution is -2.38. The Kier molecular flexibility index (Phi) is 6.19. The number of hydrogen-bond donors (Lipinski definition) is 1. The largest absolute Gasteiger partial charge is 0.390 e. The van der Waals surface area contributed by atoms with Crippen molar-refractivity contribution in [2.24, 2.45) is 5.92 Å². The molecule has 1 aliphatic rings. The molecule has 1 fully saturated rings. The SMILES string of the molecule is CCOC(C(O)Cc1cc(F)ccc1C)C1CCCCC1. The number of benzene rings is 1. The van der Waals surface area contributed by atoms with Crippen molar-refractivity contribution < 1.29 is 14.2 Å². The molecule has 0 heterocycles. The van der Waals surface area contributed by atoms with E-state index in [0.717, 1.165) is 24.0 Å². The van der Waals surface area contributed by atoms with Gasteiger partial charge in [-0.15, -0.1) is 0 Å². The zero-order chi connectivity index (χ0) is 15.2. The number of ether oxygens (including phenoxy) is 1. The van der Waals surface area contributed by atoms with Crippen LogP contribution in [0.15, 0.2) is 18.2 Å². The molecule has 1 N–H and O–H groups in total. The maximum absolute atomic E-state index is 13.4. The van der Waals surface area contributed by atoms with E-state index in [4.69, 9.17) is 4.74 Å². The monoisotopic (exact) mass is 294 g/mol. The third-order valence-electron chi connectivity index (χ3n) is 4.59. The van der Waals surface area contributed by atoms with Crippen LogP contribution in [0, 0.1) is 18.7 Å². The Morgan fingerprint density at radius 3 is 2.67 bits per heavy atom. The molecular formula is C18H27FO2.